The molecule has 2 atom stereocenters. The summed E-state index contributed by atoms with van der Waals surface area (Å²) in [6, 6.07) is 27.1. The first-order valence-electron chi connectivity index (χ1n) is 11.4. The third-order valence-electron chi connectivity index (χ3n) is 6.64. The van der Waals surface area contributed by atoms with Crippen molar-refractivity contribution in [1.29, 1.82) is 0 Å². The second-order valence-corrected chi connectivity index (χ2v) is 8.66. The first-order chi connectivity index (χ1) is 15.7. The number of carbonyl (C=O) groups excluding carboxylic acids is 1. The van der Waals surface area contributed by atoms with Crippen LogP contribution in [0.5, 0.6) is 0 Å². The number of amides is 1. The van der Waals surface area contributed by atoms with Gasteiger partial charge in [0.1, 0.15) is 0 Å². The van der Waals surface area contributed by atoms with Crippen LogP contribution in [0, 0.1) is 0 Å². The molecule has 0 spiro atoms. The van der Waals surface area contributed by atoms with Crippen LogP contribution in [0.15, 0.2) is 85.1 Å². The summed E-state index contributed by atoms with van der Waals surface area (Å²) in [5, 5.41) is 4.78. The molecule has 5 rings (SSSR count). The Morgan fingerprint density at radius 2 is 1.69 bits per heavy atom. The van der Waals surface area contributed by atoms with E-state index in [1.54, 1.807) is 0 Å². The molecule has 1 amide bonds. The summed E-state index contributed by atoms with van der Waals surface area (Å²) in [4.78, 5) is 18.6. The van der Waals surface area contributed by atoms with E-state index in [4.69, 9.17) is 0 Å². The van der Waals surface area contributed by atoms with E-state index >= 15 is 0 Å². The van der Waals surface area contributed by atoms with Gasteiger partial charge in [0, 0.05) is 42.7 Å². The molecule has 162 valence electrons. The molecule has 0 radical (unpaired) electrons. The van der Waals surface area contributed by atoms with Gasteiger partial charge >= 0.3 is 0 Å². The first kappa shape index (κ1) is 20.5. The number of carbonyl (C=O) groups is 1. The quantitative estimate of drug-likeness (QED) is 0.465. The Morgan fingerprint density at radius 1 is 0.969 bits per heavy atom. The van der Waals surface area contributed by atoms with Gasteiger partial charge in [0.2, 0.25) is 5.91 Å². The van der Waals surface area contributed by atoms with Crippen LogP contribution in [-0.2, 0) is 17.8 Å². The fourth-order valence-electron chi connectivity index (χ4n) is 4.81. The first-order valence-corrected chi connectivity index (χ1v) is 11.4. The van der Waals surface area contributed by atoms with Gasteiger partial charge in [0.25, 0.3) is 0 Å². The SMILES string of the molecule is CC(NCC(c1ccccc1)c1c[nH]c2ccccc12)C(=O)N1CCc2ccccc2C1. The highest BCUT2D eigenvalue weighted by Crippen LogP contribution is 2.30. The van der Waals surface area contributed by atoms with Crippen LogP contribution in [0.3, 0.4) is 0 Å². The normalized spacial score (nSPS) is 15.3. The molecule has 0 aliphatic carbocycles. The van der Waals surface area contributed by atoms with Crippen molar-refractivity contribution in [3.8, 4) is 0 Å². The second kappa shape index (κ2) is 9.01. The van der Waals surface area contributed by atoms with Crippen LogP contribution < -0.4 is 5.32 Å². The summed E-state index contributed by atoms with van der Waals surface area (Å²) in [5.74, 6) is 0.329. The standard InChI is InChI=1S/C28H29N3O/c1-20(28(32)31-16-15-21-9-5-6-12-23(21)19-31)29-17-25(22-10-3-2-4-11-22)26-18-30-27-14-8-7-13-24(26)27/h2-14,18,20,25,29-30H,15-17,19H2,1H3. The third-order valence-corrected chi connectivity index (χ3v) is 6.64. The zero-order valence-electron chi connectivity index (χ0n) is 18.4. The van der Waals surface area contributed by atoms with E-state index in [1.807, 2.05) is 17.9 Å². The molecule has 1 aliphatic heterocycles. The molecule has 0 saturated carbocycles. The fourth-order valence-corrected chi connectivity index (χ4v) is 4.81. The predicted octanol–water partition coefficient (Wildman–Crippen LogP) is 4.86. The lowest BCUT2D eigenvalue weighted by molar-refractivity contribution is -0.134. The van der Waals surface area contributed by atoms with Crippen molar-refractivity contribution in [3.05, 3.63) is 107 Å². The van der Waals surface area contributed by atoms with Crippen molar-refractivity contribution in [2.75, 3.05) is 13.1 Å². The molecule has 0 bridgehead atoms. The maximum absolute atomic E-state index is 13.2. The van der Waals surface area contributed by atoms with Gasteiger partial charge in [-0.05, 0) is 41.7 Å². The summed E-state index contributed by atoms with van der Waals surface area (Å²) in [5.41, 5.74) is 6.27. The molecule has 0 fully saturated rings. The number of fused-ring (bicyclic) bond motifs is 2. The van der Waals surface area contributed by atoms with E-state index in [9.17, 15) is 4.79 Å². The van der Waals surface area contributed by atoms with Crippen molar-refractivity contribution < 1.29 is 4.79 Å². The fraction of sp³-hybridized carbons (Fsp3) is 0.250. The van der Waals surface area contributed by atoms with Gasteiger partial charge in [-0.3, -0.25) is 4.79 Å². The largest absolute Gasteiger partial charge is 0.361 e. The van der Waals surface area contributed by atoms with Crippen LogP contribution in [-0.4, -0.2) is 34.9 Å². The minimum absolute atomic E-state index is 0.157. The van der Waals surface area contributed by atoms with Gasteiger partial charge in [0.05, 0.1) is 6.04 Å². The number of rotatable bonds is 6. The number of hydrogen-bond donors (Lipinski definition) is 2. The van der Waals surface area contributed by atoms with Crippen LogP contribution in [0.1, 0.15) is 35.1 Å². The third kappa shape index (κ3) is 4.06. The van der Waals surface area contributed by atoms with Crippen molar-refractivity contribution in [2.24, 2.45) is 0 Å². The Kier molecular flexibility index (Phi) is 5.78. The number of hydrogen-bond acceptors (Lipinski definition) is 2. The monoisotopic (exact) mass is 423 g/mol. The summed E-state index contributed by atoms with van der Waals surface area (Å²) in [7, 11) is 0. The topological polar surface area (TPSA) is 48.1 Å². The van der Waals surface area contributed by atoms with Crippen LogP contribution >= 0.6 is 0 Å². The van der Waals surface area contributed by atoms with Crippen molar-refractivity contribution in [1.82, 2.24) is 15.2 Å². The van der Waals surface area contributed by atoms with Gasteiger partial charge in [-0.15, -0.1) is 0 Å². The maximum atomic E-state index is 13.2. The minimum atomic E-state index is -0.239. The predicted molar refractivity (Wildman–Crippen MR) is 130 cm³/mol. The average Bonchev–Trinajstić information content (AvgIpc) is 3.28. The van der Waals surface area contributed by atoms with Crippen molar-refractivity contribution >= 4 is 16.8 Å². The number of aromatic amines is 1. The van der Waals surface area contributed by atoms with Gasteiger partial charge in [0.15, 0.2) is 0 Å². The maximum Gasteiger partial charge on any atom is 0.239 e. The second-order valence-electron chi connectivity index (χ2n) is 8.66. The van der Waals surface area contributed by atoms with E-state index < -0.39 is 0 Å². The molecule has 2 unspecified atom stereocenters. The highest BCUT2D eigenvalue weighted by Gasteiger charge is 2.26. The van der Waals surface area contributed by atoms with Gasteiger partial charge in [-0.25, -0.2) is 0 Å². The zero-order valence-corrected chi connectivity index (χ0v) is 18.4. The number of para-hydroxylation sites is 1. The van der Waals surface area contributed by atoms with Crippen LogP contribution in [0.4, 0.5) is 0 Å². The van der Waals surface area contributed by atoms with E-state index in [1.165, 1.54) is 27.6 Å². The Hall–Kier alpha value is -3.37. The van der Waals surface area contributed by atoms with E-state index in [0.717, 1.165) is 18.5 Å². The average molecular weight is 424 g/mol. The van der Waals surface area contributed by atoms with Crippen LogP contribution in [0.25, 0.3) is 10.9 Å². The zero-order chi connectivity index (χ0) is 21.9. The van der Waals surface area contributed by atoms with Crippen molar-refractivity contribution in [2.45, 2.75) is 31.8 Å². The summed E-state index contributed by atoms with van der Waals surface area (Å²) in [6.45, 7) is 4.17. The minimum Gasteiger partial charge on any atom is -0.361 e. The number of benzene rings is 3. The van der Waals surface area contributed by atoms with E-state index in [0.29, 0.717) is 13.1 Å². The molecule has 4 aromatic rings. The van der Waals surface area contributed by atoms with Gasteiger partial charge in [-0.2, -0.15) is 0 Å². The molecular weight excluding hydrogens is 394 g/mol. The number of aromatic nitrogens is 1. The Morgan fingerprint density at radius 3 is 2.53 bits per heavy atom. The number of nitrogens with zero attached hydrogens (tertiary/aromatic N) is 1. The number of H-pyrrole nitrogens is 1. The van der Waals surface area contributed by atoms with Crippen LogP contribution in [0.2, 0.25) is 0 Å². The molecule has 1 aliphatic rings. The molecule has 2 heterocycles. The summed E-state index contributed by atoms with van der Waals surface area (Å²) < 4.78 is 0. The van der Waals surface area contributed by atoms with Gasteiger partial charge < -0.3 is 15.2 Å². The van der Waals surface area contributed by atoms with E-state index in [2.05, 4.69) is 89.3 Å². The van der Waals surface area contributed by atoms with E-state index in [-0.39, 0.29) is 17.9 Å². The Bertz CT molecular complexity index is 1210. The number of nitrogens with one attached hydrogen (secondary N) is 2. The molecule has 4 nitrogen and oxygen atoms in total. The smallest absolute Gasteiger partial charge is 0.239 e. The molecule has 2 N–H and O–H groups in total. The Labute approximate surface area is 189 Å². The lowest BCUT2D eigenvalue weighted by Gasteiger charge is -2.31. The molecule has 0 saturated heterocycles. The molecule has 1 aromatic heterocycles. The summed E-state index contributed by atoms with van der Waals surface area (Å²) >= 11 is 0. The highest BCUT2D eigenvalue weighted by molar-refractivity contribution is 5.84. The molecule has 32 heavy (non-hydrogen) atoms. The molecule has 3 aromatic carbocycles. The highest BCUT2D eigenvalue weighted by atomic mass is 16.2. The molecular formula is C28H29N3O. The Balaban J connectivity index is 1.33. The van der Waals surface area contributed by atoms with Gasteiger partial charge in [-0.1, -0.05) is 72.8 Å². The summed E-state index contributed by atoms with van der Waals surface area (Å²) in [6.07, 6.45) is 3.04. The lowest BCUT2D eigenvalue weighted by atomic mass is 9.90. The molecule has 4 heteroatoms. The lowest BCUT2D eigenvalue weighted by Crippen LogP contribution is -2.47. The van der Waals surface area contributed by atoms with Crippen molar-refractivity contribution in [3.63, 3.8) is 0 Å².